The number of rotatable bonds is 3. The highest BCUT2D eigenvalue weighted by molar-refractivity contribution is 9.10. The van der Waals surface area contributed by atoms with Crippen LogP contribution in [0.3, 0.4) is 0 Å². The van der Waals surface area contributed by atoms with Gasteiger partial charge in [-0.25, -0.2) is 14.8 Å². The van der Waals surface area contributed by atoms with E-state index in [2.05, 4.69) is 31.2 Å². The molecule has 1 aliphatic carbocycles. The van der Waals surface area contributed by atoms with E-state index in [1.165, 1.54) is 19.3 Å². The lowest BCUT2D eigenvalue weighted by Crippen LogP contribution is -2.51. The van der Waals surface area contributed by atoms with Crippen LogP contribution in [0.4, 0.5) is 4.79 Å². The fourth-order valence-corrected chi connectivity index (χ4v) is 3.45. The molecule has 2 aliphatic rings. The minimum Gasteiger partial charge on any atom is -0.458 e. The lowest BCUT2D eigenvalue weighted by atomic mass is 9.96. The second-order valence-electron chi connectivity index (χ2n) is 6.30. The molecule has 1 saturated heterocycles. The number of carbonyl (C=O) groups excluding carboxylic acids is 1. The molecule has 1 aliphatic heterocycles. The minimum atomic E-state index is -0.0398. The molecule has 0 spiro atoms. The number of hydrogen-bond acceptors (Lipinski definition) is 4. The van der Waals surface area contributed by atoms with Crippen molar-refractivity contribution in [1.82, 2.24) is 20.2 Å². The average Bonchev–Trinajstić information content (AvgIpc) is 2.58. The summed E-state index contributed by atoms with van der Waals surface area (Å²) in [6.45, 7) is 1.39. The summed E-state index contributed by atoms with van der Waals surface area (Å²) in [5.74, 6) is 0. The third kappa shape index (κ3) is 4.80. The zero-order valence-electron chi connectivity index (χ0n) is 13.2. The van der Waals surface area contributed by atoms with Gasteiger partial charge in [0.1, 0.15) is 6.10 Å². The van der Waals surface area contributed by atoms with Gasteiger partial charge in [-0.15, -0.1) is 0 Å². The molecule has 126 valence electrons. The summed E-state index contributed by atoms with van der Waals surface area (Å²) in [5, 5.41) is 3.17. The van der Waals surface area contributed by atoms with Gasteiger partial charge in [-0.3, -0.25) is 0 Å². The van der Waals surface area contributed by atoms with Crippen molar-refractivity contribution in [3.8, 4) is 6.01 Å². The van der Waals surface area contributed by atoms with Crippen LogP contribution in [-0.4, -0.2) is 46.1 Å². The van der Waals surface area contributed by atoms with Crippen LogP contribution in [-0.2, 0) is 0 Å². The number of nitrogens with one attached hydrogen (secondary N) is 1. The number of halogens is 1. The van der Waals surface area contributed by atoms with Gasteiger partial charge in [0.05, 0.1) is 11.0 Å². The number of amides is 2. The van der Waals surface area contributed by atoms with Crippen LogP contribution in [0.2, 0.25) is 0 Å². The lowest BCUT2D eigenvalue weighted by molar-refractivity contribution is 0.0922. The van der Waals surface area contributed by atoms with Gasteiger partial charge in [0.15, 0.2) is 0 Å². The molecular weight excluding hydrogens is 360 g/mol. The quantitative estimate of drug-likeness (QED) is 0.871. The van der Waals surface area contributed by atoms with Crippen LogP contribution in [0.25, 0.3) is 0 Å². The van der Waals surface area contributed by atoms with Crippen LogP contribution in [0, 0.1) is 0 Å². The van der Waals surface area contributed by atoms with E-state index in [1.54, 1.807) is 12.4 Å². The number of piperidine rings is 1. The predicted octanol–water partition coefficient (Wildman–Crippen LogP) is 3.12. The SMILES string of the molecule is O=C(NC1CCCCC1)N1CCCC(Oc2ncc(Br)cn2)C1. The van der Waals surface area contributed by atoms with E-state index in [1.807, 2.05) is 4.90 Å². The van der Waals surface area contributed by atoms with Crippen molar-refractivity contribution < 1.29 is 9.53 Å². The Balaban J connectivity index is 1.50. The highest BCUT2D eigenvalue weighted by Crippen LogP contribution is 2.19. The average molecular weight is 383 g/mol. The van der Waals surface area contributed by atoms with Crippen LogP contribution < -0.4 is 10.1 Å². The molecule has 6 nitrogen and oxygen atoms in total. The Labute approximate surface area is 145 Å². The van der Waals surface area contributed by atoms with Gasteiger partial charge < -0.3 is 15.0 Å². The van der Waals surface area contributed by atoms with E-state index in [0.29, 0.717) is 18.6 Å². The molecule has 23 heavy (non-hydrogen) atoms. The molecule has 1 aromatic rings. The number of aromatic nitrogens is 2. The smallest absolute Gasteiger partial charge is 0.317 e. The van der Waals surface area contributed by atoms with E-state index in [4.69, 9.17) is 4.74 Å². The molecule has 1 saturated carbocycles. The Hall–Kier alpha value is -1.37. The summed E-state index contributed by atoms with van der Waals surface area (Å²) in [7, 11) is 0. The molecule has 7 heteroatoms. The first kappa shape index (κ1) is 16.5. The van der Waals surface area contributed by atoms with Crippen molar-refractivity contribution in [2.45, 2.75) is 57.1 Å². The number of likely N-dealkylation sites (tertiary alicyclic amines) is 1. The van der Waals surface area contributed by atoms with Gasteiger partial charge in [-0.05, 0) is 41.6 Å². The van der Waals surface area contributed by atoms with Gasteiger partial charge in [0, 0.05) is 25.0 Å². The molecule has 3 rings (SSSR count). The van der Waals surface area contributed by atoms with E-state index >= 15 is 0 Å². The van der Waals surface area contributed by atoms with Gasteiger partial charge in [0.2, 0.25) is 0 Å². The molecule has 0 aromatic carbocycles. The lowest BCUT2D eigenvalue weighted by Gasteiger charge is -2.34. The summed E-state index contributed by atoms with van der Waals surface area (Å²) in [5.41, 5.74) is 0. The van der Waals surface area contributed by atoms with Crippen molar-refractivity contribution in [2.24, 2.45) is 0 Å². The molecule has 1 N–H and O–H groups in total. The van der Waals surface area contributed by atoms with Crippen LogP contribution in [0.1, 0.15) is 44.9 Å². The van der Waals surface area contributed by atoms with Gasteiger partial charge in [-0.2, -0.15) is 0 Å². The molecule has 2 heterocycles. The maximum atomic E-state index is 12.4. The molecule has 0 radical (unpaired) electrons. The van der Waals surface area contributed by atoms with Crippen molar-refractivity contribution >= 4 is 22.0 Å². The van der Waals surface area contributed by atoms with Gasteiger partial charge >= 0.3 is 12.0 Å². The van der Waals surface area contributed by atoms with Crippen molar-refractivity contribution in [3.63, 3.8) is 0 Å². The summed E-state index contributed by atoms with van der Waals surface area (Å²) in [4.78, 5) is 22.6. The van der Waals surface area contributed by atoms with E-state index in [0.717, 1.165) is 36.7 Å². The molecule has 1 unspecified atom stereocenters. The number of urea groups is 1. The molecule has 1 aromatic heterocycles. The second-order valence-corrected chi connectivity index (χ2v) is 7.21. The number of hydrogen-bond donors (Lipinski definition) is 1. The Morgan fingerprint density at radius 3 is 2.65 bits per heavy atom. The van der Waals surface area contributed by atoms with Crippen LogP contribution >= 0.6 is 15.9 Å². The van der Waals surface area contributed by atoms with E-state index in [-0.39, 0.29) is 12.1 Å². The second kappa shape index (κ2) is 7.95. The highest BCUT2D eigenvalue weighted by Gasteiger charge is 2.27. The van der Waals surface area contributed by atoms with Crippen molar-refractivity contribution in [1.29, 1.82) is 0 Å². The fraction of sp³-hybridized carbons (Fsp3) is 0.688. The zero-order valence-corrected chi connectivity index (χ0v) is 14.8. The largest absolute Gasteiger partial charge is 0.458 e. The first-order valence-electron chi connectivity index (χ1n) is 8.40. The Morgan fingerprint density at radius 1 is 1.17 bits per heavy atom. The van der Waals surface area contributed by atoms with Crippen molar-refractivity contribution in [2.75, 3.05) is 13.1 Å². The van der Waals surface area contributed by atoms with Gasteiger partial charge in [-0.1, -0.05) is 19.3 Å². The molecule has 0 bridgehead atoms. The Bertz CT molecular complexity index is 519. The van der Waals surface area contributed by atoms with Crippen LogP contribution in [0.5, 0.6) is 6.01 Å². The molecule has 2 amide bonds. The number of ether oxygens (including phenoxy) is 1. The molecule has 1 atom stereocenters. The molecular formula is C16H23BrN4O2. The summed E-state index contributed by atoms with van der Waals surface area (Å²) in [6, 6.07) is 0.752. The van der Waals surface area contributed by atoms with Crippen molar-refractivity contribution in [3.05, 3.63) is 16.9 Å². The first-order valence-corrected chi connectivity index (χ1v) is 9.19. The standard InChI is InChI=1S/C16H23BrN4O2/c17-12-9-18-15(19-10-12)23-14-7-4-8-21(11-14)16(22)20-13-5-2-1-3-6-13/h9-10,13-14H,1-8,11H2,(H,20,22). The monoisotopic (exact) mass is 382 g/mol. The normalized spacial score (nSPS) is 22.7. The number of carbonyl (C=O) groups is 1. The summed E-state index contributed by atoms with van der Waals surface area (Å²) < 4.78 is 6.64. The van der Waals surface area contributed by atoms with Gasteiger partial charge in [0.25, 0.3) is 0 Å². The third-order valence-electron chi connectivity index (χ3n) is 4.47. The summed E-state index contributed by atoms with van der Waals surface area (Å²) >= 11 is 3.30. The minimum absolute atomic E-state index is 0.0398. The zero-order chi connectivity index (χ0) is 16.1. The van der Waals surface area contributed by atoms with Crippen LogP contribution in [0.15, 0.2) is 16.9 Å². The first-order chi connectivity index (χ1) is 11.2. The number of nitrogens with zero attached hydrogens (tertiary/aromatic N) is 3. The predicted molar refractivity (Wildman–Crippen MR) is 90.4 cm³/mol. The topological polar surface area (TPSA) is 67.4 Å². The van der Waals surface area contributed by atoms with E-state index < -0.39 is 0 Å². The third-order valence-corrected chi connectivity index (χ3v) is 4.88. The highest BCUT2D eigenvalue weighted by atomic mass is 79.9. The summed E-state index contributed by atoms with van der Waals surface area (Å²) in [6.07, 6.45) is 11.1. The maximum Gasteiger partial charge on any atom is 0.317 e. The Kier molecular flexibility index (Phi) is 5.70. The fourth-order valence-electron chi connectivity index (χ4n) is 3.24. The molecule has 2 fully saturated rings. The van der Waals surface area contributed by atoms with E-state index in [9.17, 15) is 4.79 Å². The Morgan fingerprint density at radius 2 is 1.91 bits per heavy atom. The maximum absolute atomic E-state index is 12.4.